The van der Waals surface area contributed by atoms with Crippen LogP contribution in [-0.2, 0) is 11.2 Å². The van der Waals surface area contributed by atoms with Gasteiger partial charge in [0, 0.05) is 17.8 Å². The number of rotatable bonds is 3. The minimum absolute atomic E-state index is 0.0648. The maximum absolute atomic E-state index is 11.8. The third-order valence-corrected chi connectivity index (χ3v) is 4.22. The van der Waals surface area contributed by atoms with Gasteiger partial charge < -0.3 is 10.2 Å². The number of carbonyl (C=O) groups excluding carboxylic acids is 1. The number of amides is 1. The molecule has 3 nitrogen and oxygen atoms in total. The number of nitrogens with zero attached hydrogens (tertiary/aromatic N) is 1. The van der Waals surface area contributed by atoms with E-state index in [1.807, 2.05) is 38.4 Å². The van der Waals surface area contributed by atoms with E-state index >= 15 is 0 Å². The van der Waals surface area contributed by atoms with E-state index in [4.69, 9.17) is 11.6 Å². The van der Waals surface area contributed by atoms with Crippen LogP contribution in [0.15, 0.2) is 42.5 Å². The van der Waals surface area contributed by atoms with Crippen molar-refractivity contribution in [3.05, 3.63) is 64.2 Å². The number of nitrogens with one attached hydrogen (secondary N) is 1. The second-order valence-corrected chi connectivity index (χ2v) is 5.73. The lowest BCUT2D eigenvalue weighted by molar-refractivity contribution is -0.117. The van der Waals surface area contributed by atoms with Crippen molar-refractivity contribution in [3.63, 3.8) is 0 Å². The molecule has 108 valence electrons. The molecule has 0 aliphatic carbocycles. The lowest BCUT2D eigenvalue weighted by atomic mass is 9.96. The predicted molar refractivity (Wildman–Crippen MR) is 85.9 cm³/mol. The Morgan fingerprint density at radius 3 is 2.67 bits per heavy atom. The van der Waals surface area contributed by atoms with E-state index in [0.29, 0.717) is 6.42 Å². The number of hydrogen-bond acceptors (Lipinski definition) is 2. The third-order valence-electron chi connectivity index (χ3n) is 3.98. The van der Waals surface area contributed by atoms with Crippen LogP contribution in [0, 0.1) is 0 Å². The standard InChI is InChI=1S/C17H17ClN2O/c1-19-17(11-4-3-5-14(18)9-11)12-6-7-15-13(8-12)10-16(21)20(15)2/h3-9,17,19H,10H2,1-2H3. The first-order chi connectivity index (χ1) is 10.1. The van der Waals surface area contributed by atoms with Crippen molar-refractivity contribution in [1.82, 2.24) is 5.32 Å². The average molecular weight is 301 g/mol. The summed E-state index contributed by atoms with van der Waals surface area (Å²) in [5.41, 5.74) is 4.34. The Balaban J connectivity index is 2.00. The lowest BCUT2D eigenvalue weighted by Crippen LogP contribution is -2.20. The summed E-state index contributed by atoms with van der Waals surface area (Å²) in [4.78, 5) is 13.5. The topological polar surface area (TPSA) is 32.3 Å². The first-order valence-corrected chi connectivity index (χ1v) is 7.30. The molecule has 1 unspecified atom stereocenters. The minimum Gasteiger partial charge on any atom is -0.315 e. The second kappa shape index (κ2) is 5.51. The summed E-state index contributed by atoms with van der Waals surface area (Å²) in [6.45, 7) is 0. The number of likely N-dealkylation sites (N-methyl/N-ethyl adjacent to an activating group) is 1. The Morgan fingerprint density at radius 2 is 1.95 bits per heavy atom. The molecule has 1 atom stereocenters. The van der Waals surface area contributed by atoms with Gasteiger partial charge in [0.2, 0.25) is 5.91 Å². The molecule has 21 heavy (non-hydrogen) atoms. The van der Waals surface area contributed by atoms with Gasteiger partial charge in [-0.05, 0) is 41.9 Å². The second-order valence-electron chi connectivity index (χ2n) is 5.29. The van der Waals surface area contributed by atoms with Gasteiger partial charge >= 0.3 is 0 Å². The van der Waals surface area contributed by atoms with Crippen LogP contribution in [0.1, 0.15) is 22.7 Å². The quantitative estimate of drug-likeness (QED) is 0.944. The van der Waals surface area contributed by atoms with Crippen molar-refractivity contribution >= 4 is 23.2 Å². The number of halogens is 1. The fourth-order valence-corrected chi connectivity index (χ4v) is 3.08. The molecule has 0 saturated carbocycles. The molecule has 0 fully saturated rings. The summed E-state index contributed by atoms with van der Waals surface area (Å²) in [6, 6.07) is 14.1. The Kier molecular flexibility index (Phi) is 3.70. The molecule has 1 heterocycles. The Morgan fingerprint density at radius 1 is 1.19 bits per heavy atom. The molecule has 0 bridgehead atoms. The van der Waals surface area contributed by atoms with Crippen molar-refractivity contribution in [1.29, 1.82) is 0 Å². The smallest absolute Gasteiger partial charge is 0.231 e. The summed E-state index contributed by atoms with van der Waals surface area (Å²) in [6.07, 6.45) is 0.478. The highest BCUT2D eigenvalue weighted by Gasteiger charge is 2.25. The number of carbonyl (C=O) groups is 1. The van der Waals surface area contributed by atoms with Crippen LogP contribution in [0.25, 0.3) is 0 Å². The molecule has 0 aromatic heterocycles. The van der Waals surface area contributed by atoms with E-state index < -0.39 is 0 Å². The highest BCUT2D eigenvalue weighted by atomic mass is 35.5. The third kappa shape index (κ3) is 2.55. The zero-order chi connectivity index (χ0) is 15.0. The van der Waals surface area contributed by atoms with Crippen LogP contribution in [0.3, 0.4) is 0 Å². The SMILES string of the molecule is CNC(c1cccc(Cl)c1)c1ccc2c(c1)CC(=O)N2C. The van der Waals surface area contributed by atoms with Gasteiger partial charge in [0.1, 0.15) is 0 Å². The Hall–Kier alpha value is -1.84. The van der Waals surface area contributed by atoms with Crippen LogP contribution in [-0.4, -0.2) is 20.0 Å². The van der Waals surface area contributed by atoms with Crippen molar-refractivity contribution in [2.45, 2.75) is 12.5 Å². The molecule has 0 radical (unpaired) electrons. The normalized spacial score (nSPS) is 15.2. The predicted octanol–water partition coefficient (Wildman–Crippen LogP) is 3.17. The molecule has 0 spiro atoms. The molecule has 2 aromatic rings. The minimum atomic E-state index is 0.0648. The lowest BCUT2D eigenvalue weighted by Gasteiger charge is -2.19. The van der Waals surface area contributed by atoms with Gasteiger partial charge in [0.15, 0.2) is 0 Å². The van der Waals surface area contributed by atoms with Crippen LogP contribution >= 0.6 is 11.6 Å². The molecule has 4 heteroatoms. The van der Waals surface area contributed by atoms with Crippen LogP contribution < -0.4 is 10.2 Å². The van der Waals surface area contributed by atoms with Crippen molar-refractivity contribution in [2.75, 3.05) is 19.0 Å². The molecule has 1 amide bonds. The summed E-state index contributed by atoms with van der Waals surface area (Å²) in [7, 11) is 3.75. The molecule has 1 N–H and O–H groups in total. The van der Waals surface area contributed by atoms with Crippen molar-refractivity contribution in [3.8, 4) is 0 Å². The summed E-state index contributed by atoms with van der Waals surface area (Å²) < 4.78 is 0. The monoisotopic (exact) mass is 300 g/mol. The first-order valence-electron chi connectivity index (χ1n) is 6.92. The molecule has 0 saturated heterocycles. The van der Waals surface area contributed by atoms with E-state index in [-0.39, 0.29) is 11.9 Å². The highest BCUT2D eigenvalue weighted by molar-refractivity contribution is 6.30. The zero-order valence-electron chi connectivity index (χ0n) is 12.1. The molecular weight excluding hydrogens is 284 g/mol. The number of anilines is 1. The van der Waals surface area contributed by atoms with Gasteiger partial charge in [-0.15, -0.1) is 0 Å². The van der Waals surface area contributed by atoms with Gasteiger partial charge in [-0.2, -0.15) is 0 Å². The average Bonchev–Trinajstić information content (AvgIpc) is 2.75. The van der Waals surface area contributed by atoms with E-state index in [9.17, 15) is 4.79 Å². The van der Waals surface area contributed by atoms with Crippen molar-refractivity contribution < 1.29 is 4.79 Å². The molecule has 1 aliphatic heterocycles. The highest BCUT2D eigenvalue weighted by Crippen LogP contribution is 2.32. The summed E-state index contributed by atoms with van der Waals surface area (Å²) in [5.74, 6) is 0.144. The largest absolute Gasteiger partial charge is 0.315 e. The Bertz CT molecular complexity index is 699. The van der Waals surface area contributed by atoms with Gasteiger partial charge in [0.05, 0.1) is 12.5 Å². The van der Waals surface area contributed by atoms with Crippen molar-refractivity contribution in [2.24, 2.45) is 0 Å². The maximum atomic E-state index is 11.8. The van der Waals surface area contributed by atoms with E-state index in [2.05, 4.69) is 23.5 Å². The molecule has 1 aliphatic rings. The van der Waals surface area contributed by atoms with E-state index in [0.717, 1.165) is 27.4 Å². The molecule has 3 rings (SSSR count). The number of hydrogen-bond donors (Lipinski definition) is 1. The molecule has 2 aromatic carbocycles. The Labute approximate surface area is 129 Å². The maximum Gasteiger partial charge on any atom is 0.231 e. The summed E-state index contributed by atoms with van der Waals surface area (Å²) in [5, 5.41) is 4.04. The summed E-state index contributed by atoms with van der Waals surface area (Å²) >= 11 is 6.09. The fourth-order valence-electron chi connectivity index (χ4n) is 2.88. The molecular formula is C17H17ClN2O. The van der Waals surface area contributed by atoms with Gasteiger partial charge in [0.25, 0.3) is 0 Å². The first kappa shape index (κ1) is 14.1. The van der Waals surface area contributed by atoms with Crippen LogP contribution in [0.2, 0.25) is 5.02 Å². The number of fused-ring (bicyclic) bond motifs is 1. The van der Waals surface area contributed by atoms with Gasteiger partial charge in [-0.3, -0.25) is 4.79 Å². The van der Waals surface area contributed by atoms with Crippen LogP contribution in [0.5, 0.6) is 0 Å². The van der Waals surface area contributed by atoms with E-state index in [1.165, 1.54) is 0 Å². The van der Waals surface area contributed by atoms with Crippen LogP contribution in [0.4, 0.5) is 5.69 Å². The fraction of sp³-hybridized carbons (Fsp3) is 0.235. The zero-order valence-corrected chi connectivity index (χ0v) is 12.8. The van der Waals surface area contributed by atoms with Gasteiger partial charge in [-0.1, -0.05) is 35.9 Å². The number of benzene rings is 2. The van der Waals surface area contributed by atoms with Gasteiger partial charge in [-0.25, -0.2) is 0 Å². The van der Waals surface area contributed by atoms with E-state index in [1.54, 1.807) is 4.90 Å².